The van der Waals surface area contributed by atoms with E-state index in [2.05, 4.69) is 23.9 Å². The summed E-state index contributed by atoms with van der Waals surface area (Å²) in [4.78, 5) is 3.96. The molecule has 3 unspecified atom stereocenters. The maximum absolute atomic E-state index is 3.96. The second-order valence-electron chi connectivity index (χ2n) is 4.60. The molecule has 0 aromatic heterocycles. The standard InChI is InChI=1S/C12H19N/c1-13-6-5-12-8-10-3-2-4-11(7-10)9-12/h2-3,10-12H,1,4-9H2. The lowest BCUT2D eigenvalue weighted by Crippen LogP contribution is -2.24. The van der Waals surface area contributed by atoms with Gasteiger partial charge in [-0.15, -0.1) is 0 Å². The van der Waals surface area contributed by atoms with Crippen LogP contribution in [-0.4, -0.2) is 13.3 Å². The number of allylic oxidation sites excluding steroid dienone is 2. The number of nitrogens with zero attached hydrogens (tertiary/aromatic N) is 1. The molecule has 0 heterocycles. The predicted octanol–water partition coefficient (Wildman–Crippen LogP) is 3.07. The first-order valence-corrected chi connectivity index (χ1v) is 5.47. The maximum atomic E-state index is 3.96. The zero-order chi connectivity index (χ0) is 9.10. The van der Waals surface area contributed by atoms with Crippen molar-refractivity contribution in [1.29, 1.82) is 0 Å². The van der Waals surface area contributed by atoms with Gasteiger partial charge in [0.25, 0.3) is 0 Å². The van der Waals surface area contributed by atoms with Gasteiger partial charge in [-0.1, -0.05) is 12.2 Å². The van der Waals surface area contributed by atoms with Crippen LogP contribution >= 0.6 is 0 Å². The van der Waals surface area contributed by atoms with E-state index in [0.29, 0.717) is 0 Å². The largest absolute Gasteiger partial charge is 0.301 e. The lowest BCUT2D eigenvalue weighted by Gasteiger charge is -2.35. The number of rotatable bonds is 3. The minimum Gasteiger partial charge on any atom is -0.301 e. The fourth-order valence-corrected chi connectivity index (χ4v) is 2.94. The SMILES string of the molecule is C=NCCC1CC2C=CCC(C2)C1. The third-order valence-corrected chi connectivity index (χ3v) is 3.51. The van der Waals surface area contributed by atoms with E-state index in [1.807, 2.05) is 0 Å². The van der Waals surface area contributed by atoms with Gasteiger partial charge in [-0.05, 0) is 56.6 Å². The Balaban J connectivity index is 1.88. The molecule has 1 fully saturated rings. The van der Waals surface area contributed by atoms with Gasteiger partial charge in [0, 0.05) is 6.54 Å². The highest BCUT2D eigenvalue weighted by Gasteiger charge is 2.28. The molecule has 1 heteroatoms. The molecule has 72 valence electrons. The van der Waals surface area contributed by atoms with Gasteiger partial charge in [0.1, 0.15) is 0 Å². The van der Waals surface area contributed by atoms with Crippen LogP contribution in [0.5, 0.6) is 0 Å². The maximum Gasteiger partial charge on any atom is 0.0384 e. The van der Waals surface area contributed by atoms with Crippen molar-refractivity contribution in [2.45, 2.75) is 32.1 Å². The molecule has 0 radical (unpaired) electrons. The molecule has 1 saturated carbocycles. The summed E-state index contributed by atoms with van der Waals surface area (Å²) in [5.74, 6) is 2.81. The quantitative estimate of drug-likeness (QED) is 0.464. The van der Waals surface area contributed by atoms with E-state index >= 15 is 0 Å². The van der Waals surface area contributed by atoms with Gasteiger partial charge in [0.2, 0.25) is 0 Å². The van der Waals surface area contributed by atoms with Crippen molar-refractivity contribution in [3.63, 3.8) is 0 Å². The van der Waals surface area contributed by atoms with Crippen molar-refractivity contribution < 1.29 is 0 Å². The van der Waals surface area contributed by atoms with E-state index in [-0.39, 0.29) is 0 Å². The molecule has 13 heavy (non-hydrogen) atoms. The summed E-state index contributed by atoms with van der Waals surface area (Å²) in [6.07, 6.45) is 11.7. The fraction of sp³-hybridized carbons (Fsp3) is 0.750. The predicted molar refractivity (Wildman–Crippen MR) is 57.1 cm³/mol. The summed E-state index contributed by atoms with van der Waals surface area (Å²) in [5, 5.41) is 0. The van der Waals surface area contributed by atoms with E-state index in [4.69, 9.17) is 0 Å². The van der Waals surface area contributed by atoms with Crippen molar-refractivity contribution >= 4 is 6.72 Å². The van der Waals surface area contributed by atoms with Crippen LogP contribution in [0, 0.1) is 17.8 Å². The highest BCUT2D eigenvalue weighted by Crippen LogP contribution is 2.40. The van der Waals surface area contributed by atoms with Crippen LogP contribution in [0.25, 0.3) is 0 Å². The Kier molecular flexibility index (Phi) is 2.82. The molecule has 0 amide bonds. The number of fused-ring (bicyclic) bond motifs is 2. The second kappa shape index (κ2) is 4.08. The molecular weight excluding hydrogens is 158 g/mol. The first-order chi connectivity index (χ1) is 6.38. The highest BCUT2D eigenvalue weighted by molar-refractivity contribution is 5.23. The van der Waals surface area contributed by atoms with Crippen LogP contribution in [0.3, 0.4) is 0 Å². The Morgan fingerprint density at radius 2 is 2.23 bits per heavy atom. The molecule has 1 nitrogen and oxygen atoms in total. The molecule has 2 aliphatic rings. The van der Waals surface area contributed by atoms with Crippen LogP contribution in [0.2, 0.25) is 0 Å². The molecule has 2 rings (SSSR count). The summed E-state index contributed by atoms with van der Waals surface area (Å²) in [7, 11) is 0. The van der Waals surface area contributed by atoms with Crippen molar-refractivity contribution in [3.8, 4) is 0 Å². The van der Waals surface area contributed by atoms with Gasteiger partial charge in [-0.2, -0.15) is 0 Å². The number of hydrogen-bond acceptors (Lipinski definition) is 1. The van der Waals surface area contributed by atoms with E-state index < -0.39 is 0 Å². The van der Waals surface area contributed by atoms with Crippen LogP contribution in [-0.2, 0) is 0 Å². The molecule has 0 aliphatic heterocycles. The van der Waals surface area contributed by atoms with Gasteiger partial charge in [-0.3, -0.25) is 0 Å². The Hall–Kier alpha value is -0.590. The highest BCUT2D eigenvalue weighted by atomic mass is 14.7. The molecule has 0 spiro atoms. The van der Waals surface area contributed by atoms with Gasteiger partial charge >= 0.3 is 0 Å². The molecule has 0 N–H and O–H groups in total. The van der Waals surface area contributed by atoms with Crippen LogP contribution in [0.1, 0.15) is 32.1 Å². The molecule has 0 aromatic carbocycles. The zero-order valence-corrected chi connectivity index (χ0v) is 8.28. The van der Waals surface area contributed by atoms with Crippen molar-refractivity contribution in [2.75, 3.05) is 6.54 Å². The summed E-state index contributed by atoms with van der Waals surface area (Å²) in [5.41, 5.74) is 0. The summed E-state index contributed by atoms with van der Waals surface area (Å²) in [6, 6.07) is 0. The Bertz CT molecular complexity index is 207. The topological polar surface area (TPSA) is 12.4 Å². The van der Waals surface area contributed by atoms with Crippen molar-refractivity contribution in [2.24, 2.45) is 22.7 Å². The first kappa shape index (κ1) is 8.98. The fourth-order valence-electron chi connectivity index (χ4n) is 2.94. The number of hydrogen-bond donors (Lipinski definition) is 0. The third kappa shape index (κ3) is 2.20. The van der Waals surface area contributed by atoms with Crippen LogP contribution in [0.4, 0.5) is 0 Å². The molecular formula is C12H19N. The van der Waals surface area contributed by atoms with E-state index in [1.54, 1.807) is 0 Å². The smallest absolute Gasteiger partial charge is 0.0384 e. The van der Waals surface area contributed by atoms with Crippen molar-refractivity contribution in [3.05, 3.63) is 12.2 Å². The van der Waals surface area contributed by atoms with Gasteiger partial charge in [-0.25, -0.2) is 0 Å². The Morgan fingerprint density at radius 1 is 1.31 bits per heavy atom. The molecule has 2 aliphatic carbocycles. The first-order valence-electron chi connectivity index (χ1n) is 5.47. The van der Waals surface area contributed by atoms with Crippen LogP contribution < -0.4 is 0 Å². The van der Waals surface area contributed by atoms with Gasteiger partial charge < -0.3 is 4.99 Å². The second-order valence-corrected chi connectivity index (χ2v) is 4.60. The zero-order valence-electron chi connectivity index (χ0n) is 8.28. The molecule has 0 aromatic rings. The summed E-state index contributed by atoms with van der Waals surface area (Å²) < 4.78 is 0. The monoisotopic (exact) mass is 177 g/mol. The summed E-state index contributed by atoms with van der Waals surface area (Å²) >= 11 is 0. The summed E-state index contributed by atoms with van der Waals surface area (Å²) in [6.45, 7) is 4.52. The van der Waals surface area contributed by atoms with E-state index in [1.165, 1.54) is 32.1 Å². The molecule has 0 saturated heterocycles. The minimum atomic E-state index is 0.891. The molecule has 3 atom stereocenters. The average Bonchev–Trinajstić information content (AvgIpc) is 2.14. The Labute approximate surface area is 80.9 Å². The van der Waals surface area contributed by atoms with E-state index in [9.17, 15) is 0 Å². The number of aliphatic imine (C=N–C) groups is 1. The van der Waals surface area contributed by atoms with Gasteiger partial charge in [0.05, 0.1) is 0 Å². The average molecular weight is 177 g/mol. The van der Waals surface area contributed by atoms with E-state index in [0.717, 1.165) is 24.3 Å². The van der Waals surface area contributed by atoms with Gasteiger partial charge in [0.15, 0.2) is 0 Å². The molecule has 2 bridgehead atoms. The Morgan fingerprint density at radius 3 is 3.00 bits per heavy atom. The lowest BCUT2D eigenvalue weighted by molar-refractivity contribution is 0.207. The van der Waals surface area contributed by atoms with Crippen LogP contribution in [0.15, 0.2) is 17.1 Å². The lowest BCUT2D eigenvalue weighted by atomic mass is 9.70. The normalized spacial score (nSPS) is 37.4. The minimum absolute atomic E-state index is 0.891. The third-order valence-electron chi connectivity index (χ3n) is 3.51. The van der Waals surface area contributed by atoms with Crippen molar-refractivity contribution in [1.82, 2.24) is 0 Å².